The number of carbonyl (C=O) groups is 1. The molecule has 106 valence electrons. The van der Waals surface area contributed by atoms with Crippen molar-refractivity contribution in [2.24, 2.45) is 11.8 Å². The highest BCUT2D eigenvalue weighted by Crippen LogP contribution is 2.30. The largest absolute Gasteiger partial charge is 0.481 e. The Morgan fingerprint density at radius 3 is 3.11 bits per heavy atom. The molecular formula is C12H19N3O2S2. The Bertz CT molecular complexity index is 425. The fourth-order valence-electron chi connectivity index (χ4n) is 2.44. The monoisotopic (exact) mass is 301 g/mol. The molecule has 19 heavy (non-hydrogen) atoms. The third-order valence-electron chi connectivity index (χ3n) is 3.31. The molecule has 1 heterocycles. The number of hydrogen-bond acceptors (Lipinski definition) is 6. The van der Waals surface area contributed by atoms with Gasteiger partial charge in [0.1, 0.15) is 0 Å². The first kappa shape index (κ1) is 14.6. The maximum atomic E-state index is 10.5. The molecule has 0 amide bonds. The lowest BCUT2D eigenvalue weighted by atomic mass is 9.82. The van der Waals surface area contributed by atoms with E-state index in [0.717, 1.165) is 23.5 Å². The van der Waals surface area contributed by atoms with Gasteiger partial charge in [-0.25, -0.2) is 0 Å². The van der Waals surface area contributed by atoms with E-state index in [2.05, 4.69) is 22.4 Å². The van der Waals surface area contributed by atoms with Gasteiger partial charge in [-0.15, -0.1) is 10.2 Å². The van der Waals surface area contributed by atoms with Gasteiger partial charge in [-0.3, -0.25) is 4.79 Å². The molecule has 0 spiro atoms. The molecule has 0 radical (unpaired) electrons. The molecule has 1 fully saturated rings. The zero-order valence-corrected chi connectivity index (χ0v) is 12.6. The summed E-state index contributed by atoms with van der Waals surface area (Å²) in [6.07, 6.45) is 5.25. The van der Waals surface area contributed by atoms with E-state index < -0.39 is 5.97 Å². The molecular weight excluding hydrogens is 282 g/mol. The number of anilines is 1. The van der Waals surface area contributed by atoms with Gasteiger partial charge in [-0.1, -0.05) is 42.9 Å². The van der Waals surface area contributed by atoms with E-state index >= 15 is 0 Å². The van der Waals surface area contributed by atoms with E-state index in [0.29, 0.717) is 4.34 Å². The van der Waals surface area contributed by atoms with Crippen LogP contribution < -0.4 is 5.32 Å². The van der Waals surface area contributed by atoms with E-state index in [9.17, 15) is 4.79 Å². The molecule has 2 rings (SSSR count). The van der Waals surface area contributed by atoms with Gasteiger partial charge in [-0.2, -0.15) is 0 Å². The fraction of sp³-hybridized carbons (Fsp3) is 0.750. The molecule has 0 aromatic carbocycles. The Kier molecular flexibility index (Phi) is 5.45. The minimum atomic E-state index is -0.828. The quantitative estimate of drug-likeness (QED) is 0.787. The van der Waals surface area contributed by atoms with Crippen molar-refractivity contribution in [3.63, 3.8) is 0 Å². The number of thioether (sulfide) groups is 1. The lowest BCUT2D eigenvalue weighted by Gasteiger charge is -2.26. The molecule has 0 saturated heterocycles. The van der Waals surface area contributed by atoms with Crippen LogP contribution >= 0.6 is 23.1 Å². The number of carboxylic acid groups (broad SMARTS) is 1. The molecule has 1 aliphatic carbocycles. The summed E-state index contributed by atoms with van der Waals surface area (Å²) < 4.78 is 0.710. The van der Waals surface area contributed by atoms with Crippen molar-refractivity contribution >= 4 is 34.2 Å². The zero-order valence-electron chi connectivity index (χ0n) is 11.0. The van der Waals surface area contributed by atoms with Crippen molar-refractivity contribution in [1.29, 1.82) is 0 Å². The molecule has 0 aliphatic heterocycles. The Morgan fingerprint density at radius 1 is 1.53 bits per heavy atom. The van der Waals surface area contributed by atoms with Gasteiger partial charge in [0.15, 0.2) is 4.34 Å². The van der Waals surface area contributed by atoms with Crippen LogP contribution in [0.1, 0.15) is 32.6 Å². The van der Waals surface area contributed by atoms with Crippen molar-refractivity contribution in [2.75, 3.05) is 17.6 Å². The second kappa shape index (κ2) is 7.09. The van der Waals surface area contributed by atoms with Crippen LogP contribution in [0.5, 0.6) is 0 Å². The third kappa shape index (κ3) is 4.99. The highest BCUT2D eigenvalue weighted by atomic mass is 32.2. The number of hydrogen-bond donors (Lipinski definition) is 2. The molecule has 1 saturated carbocycles. The van der Waals surface area contributed by atoms with E-state index in [-0.39, 0.29) is 5.75 Å². The first-order valence-corrected chi connectivity index (χ1v) is 8.35. The normalized spacial score (nSPS) is 23.2. The SMILES string of the molecule is CC1CCCC(CNc2nnc(SCC(=O)O)s2)C1. The van der Waals surface area contributed by atoms with Gasteiger partial charge in [0.2, 0.25) is 5.13 Å². The van der Waals surface area contributed by atoms with Crippen LogP contribution in [0.4, 0.5) is 5.13 Å². The van der Waals surface area contributed by atoms with E-state index in [4.69, 9.17) is 5.11 Å². The fourth-order valence-corrected chi connectivity index (χ4v) is 3.92. The Hall–Kier alpha value is -0.820. The highest BCUT2D eigenvalue weighted by molar-refractivity contribution is 8.01. The van der Waals surface area contributed by atoms with Crippen LogP contribution in [0, 0.1) is 11.8 Å². The molecule has 2 unspecified atom stereocenters. The Balaban J connectivity index is 1.75. The number of aliphatic carboxylic acids is 1. The molecule has 1 aromatic heterocycles. The molecule has 0 bridgehead atoms. The van der Waals surface area contributed by atoms with Crippen molar-refractivity contribution < 1.29 is 9.90 Å². The summed E-state index contributed by atoms with van der Waals surface area (Å²) in [7, 11) is 0. The minimum absolute atomic E-state index is 0.0365. The predicted octanol–water partition coefficient (Wildman–Crippen LogP) is 2.95. The maximum Gasteiger partial charge on any atom is 0.313 e. The summed E-state index contributed by atoms with van der Waals surface area (Å²) in [6.45, 7) is 3.26. The molecule has 7 heteroatoms. The zero-order chi connectivity index (χ0) is 13.7. The molecule has 5 nitrogen and oxygen atoms in total. The standard InChI is InChI=1S/C12H19N3O2S2/c1-8-3-2-4-9(5-8)6-13-11-14-15-12(19-11)18-7-10(16)17/h8-9H,2-7H2,1H3,(H,13,14)(H,16,17). The van der Waals surface area contributed by atoms with Gasteiger partial charge < -0.3 is 10.4 Å². The lowest BCUT2D eigenvalue weighted by Crippen LogP contribution is -2.20. The summed E-state index contributed by atoms with van der Waals surface area (Å²) in [4.78, 5) is 10.5. The van der Waals surface area contributed by atoms with Gasteiger partial charge >= 0.3 is 5.97 Å². The Morgan fingerprint density at radius 2 is 2.37 bits per heavy atom. The van der Waals surface area contributed by atoms with Crippen LogP contribution in [0.15, 0.2) is 4.34 Å². The van der Waals surface area contributed by atoms with Crippen LogP contribution in [-0.4, -0.2) is 33.6 Å². The van der Waals surface area contributed by atoms with Crippen molar-refractivity contribution in [1.82, 2.24) is 10.2 Å². The summed E-state index contributed by atoms with van der Waals surface area (Å²) in [6, 6.07) is 0. The molecule has 1 aromatic rings. The van der Waals surface area contributed by atoms with Crippen molar-refractivity contribution in [3.05, 3.63) is 0 Å². The van der Waals surface area contributed by atoms with Crippen LogP contribution in [0.2, 0.25) is 0 Å². The first-order valence-electron chi connectivity index (χ1n) is 6.55. The Labute approximate surface area is 121 Å². The van der Waals surface area contributed by atoms with E-state index in [1.54, 1.807) is 0 Å². The van der Waals surface area contributed by atoms with Gasteiger partial charge in [0.05, 0.1) is 5.75 Å². The topological polar surface area (TPSA) is 75.1 Å². The smallest absolute Gasteiger partial charge is 0.313 e. The van der Waals surface area contributed by atoms with Gasteiger partial charge in [0, 0.05) is 6.54 Å². The minimum Gasteiger partial charge on any atom is -0.481 e. The van der Waals surface area contributed by atoms with Gasteiger partial charge in [-0.05, 0) is 24.7 Å². The van der Waals surface area contributed by atoms with Gasteiger partial charge in [0.25, 0.3) is 0 Å². The van der Waals surface area contributed by atoms with E-state index in [1.165, 1.54) is 48.8 Å². The molecule has 2 N–H and O–H groups in total. The number of nitrogens with zero attached hydrogens (tertiary/aromatic N) is 2. The van der Waals surface area contributed by atoms with Crippen molar-refractivity contribution in [2.45, 2.75) is 36.9 Å². The number of carboxylic acids is 1. The first-order chi connectivity index (χ1) is 9.13. The second-order valence-corrected chi connectivity index (χ2v) is 7.27. The third-order valence-corrected chi connectivity index (χ3v) is 5.31. The number of nitrogens with one attached hydrogen (secondary N) is 1. The molecule has 1 aliphatic rings. The van der Waals surface area contributed by atoms with Crippen LogP contribution in [0.25, 0.3) is 0 Å². The summed E-state index contributed by atoms with van der Waals surface area (Å²) in [5.41, 5.74) is 0. The average Bonchev–Trinajstić information content (AvgIpc) is 2.82. The summed E-state index contributed by atoms with van der Waals surface area (Å²) >= 11 is 2.65. The highest BCUT2D eigenvalue weighted by Gasteiger charge is 2.19. The summed E-state index contributed by atoms with van der Waals surface area (Å²) in [5.74, 6) is 0.764. The maximum absolute atomic E-state index is 10.5. The lowest BCUT2D eigenvalue weighted by molar-refractivity contribution is -0.133. The van der Waals surface area contributed by atoms with E-state index in [1.807, 2.05) is 0 Å². The van der Waals surface area contributed by atoms with Crippen molar-refractivity contribution in [3.8, 4) is 0 Å². The number of rotatable bonds is 6. The summed E-state index contributed by atoms with van der Waals surface area (Å²) in [5, 5.41) is 20.7. The van der Waals surface area contributed by atoms with Crippen LogP contribution in [0.3, 0.4) is 0 Å². The van der Waals surface area contributed by atoms with Crippen LogP contribution in [-0.2, 0) is 4.79 Å². The number of aromatic nitrogens is 2. The predicted molar refractivity (Wildman–Crippen MR) is 77.9 cm³/mol. The molecule has 2 atom stereocenters. The average molecular weight is 301 g/mol. The second-order valence-electron chi connectivity index (χ2n) is 5.07.